The van der Waals surface area contributed by atoms with Crippen molar-refractivity contribution >= 4 is 11.8 Å². The second-order valence-electron chi connectivity index (χ2n) is 5.28. The van der Waals surface area contributed by atoms with E-state index < -0.39 is 0 Å². The Labute approximate surface area is 92.4 Å². The minimum atomic E-state index is 0.713. The van der Waals surface area contributed by atoms with Crippen LogP contribution in [0, 0.1) is 17.3 Å². The normalized spacial score (nSPS) is 32.4. The third-order valence-electron chi connectivity index (χ3n) is 4.24. The molecule has 0 amide bonds. The van der Waals surface area contributed by atoms with Crippen LogP contribution in [0.15, 0.2) is 0 Å². The SMILES string of the molecule is CC(C)C1CNCCC12CCSCC2. The lowest BCUT2D eigenvalue weighted by molar-refractivity contribution is 0.0612. The summed E-state index contributed by atoms with van der Waals surface area (Å²) in [6, 6.07) is 0. The molecule has 2 aliphatic rings. The Morgan fingerprint density at radius 2 is 1.93 bits per heavy atom. The van der Waals surface area contributed by atoms with Crippen molar-refractivity contribution in [2.45, 2.75) is 33.1 Å². The second-order valence-corrected chi connectivity index (χ2v) is 6.50. The van der Waals surface area contributed by atoms with Crippen molar-refractivity contribution in [2.75, 3.05) is 24.6 Å². The molecular weight excluding hydrogens is 190 g/mol. The van der Waals surface area contributed by atoms with Gasteiger partial charge in [0.2, 0.25) is 0 Å². The number of rotatable bonds is 1. The van der Waals surface area contributed by atoms with Crippen LogP contribution >= 0.6 is 11.8 Å². The summed E-state index contributed by atoms with van der Waals surface area (Å²) in [4.78, 5) is 0. The summed E-state index contributed by atoms with van der Waals surface area (Å²) in [5, 5.41) is 3.58. The molecular formula is C12H23NS. The minimum Gasteiger partial charge on any atom is -0.316 e. The minimum absolute atomic E-state index is 0.713. The van der Waals surface area contributed by atoms with Crippen LogP contribution in [0.1, 0.15) is 33.1 Å². The molecule has 2 rings (SSSR count). The molecule has 0 bridgehead atoms. The fourth-order valence-electron chi connectivity index (χ4n) is 3.34. The highest BCUT2D eigenvalue weighted by Gasteiger charge is 2.42. The van der Waals surface area contributed by atoms with Crippen LogP contribution in [0.2, 0.25) is 0 Å². The molecule has 0 aliphatic carbocycles. The zero-order valence-corrected chi connectivity index (χ0v) is 10.3. The first-order valence-corrected chi connectivity index (χ1v) is 7.18. The molecule has 0 aromatic rings. The van der Waals surface area contributed by atoms with E-state index in [1.807, 2.05) is 0 Å². The van der Waals surface area contributed by atoms with Crippen molar-refractivity contribution in [3.05, 3.63) is 0 Å². The van der Waals surface area contributed by atoms with E-state index >= 15 is 0 Å². The van der Waals surface area contributed by atoms with Gasteiger partial charge in [-0.1, -0.05) is 13.8 Å². The van der Waals surface area contributed by atoms with Gasteiger partial charge >= 0.3 is 0 Å². The molecule has 1 spiro atoms. The molecule has 0 aromatic heterocycles. The largest absolute Gasteiger partial charge is 0.316 e. The zero-order valence-electron chi connectivity index (χ0n) is 9.51. The molecule has 2 aliphatic heterocycles. The number of thioether (sulfide) groups is 1. The molecule has 2 fully saturated rings. The van der Waals surface area contributed by atoms with E-state index in [1.54, 1.807) is 0 Å². The van der Waals surface area contributed by atoms with Gasteiger partial charge in [0.25, 0.3) is 0 Å². The summed E-state index contributed by atoms with van der Waals surface area (Å²) in [6.45, 7) is 7.33. The molecule has 0 aromatic carbocycles. The van der Waals surface area contributed by atoms with Crippen molar-refractivity contribution < 1.29 is 0 Å². The van der Waals surface area contributed by atoms with Gasteiger partial charge in [-0.05, 0) is 61.1 Å². The van der Waals surface area contributed by atoms with E-state index in [2.05, 4.69) is 30.9 Å². The van der Waals surface area contributed by atoms with Crippen LogP contribution in [0.3, 0.4) is 0 Å². The molecule has 2 heteroatoms. The molecule has 2 heterocycles. The van der Waals surface area contributed by atoms with Gasteiger partial charge in [0, 0.05) is 0 Å². The van der Waals surface area contributed by atoms with E-state index in [-0.39, 0.29) is 0 Å². The van der Waals surface area contributed by atoms with Gasteiger partial charge in [0.1, 0.15) is 0 Å². The maximum Gasteiger partial charge on any atom is -0.00127 e. The Morgan fingerprint density at radius 1 is 1.21 bits per heavy atom. The van der Waals surface area contributed by atoms with Crippen molar-refractivity contribution in [3.8, 4) is 0 Å². The highest BCUT2D eigenvalue weighted by atomic mass is 32.2. The molecule has 1 atom stereocenters. The van der Waals surface area contributed by atoms with Crippen LogP contribution in [0.4, 0.5) is 0 Å². The van der Waals surface area contributed by atoms with E-state index in [4.69, 9.17) is 0 Å². The van der Waals surface area contributed by atoms with Gasteiger partial charge in [0.05, 0.1) is 0 Å². The summed E-state index contributed by atoms with van der Waals surface area (Å²) in [7, 11) is 0. The third-order valence-corrected chi connectivity index (χ3v) is 5.23. The Morgan fingerprint density at radius 3 is 2.57 bits per heavy atom. The van der Waals surface area contributed by atoms with Crippen LogP contribution < -0.4 is 5.32 Å². The third kappa shape index (κ3) is 1.96. The first-order chi connectivity index (χ1) is 6.75. The molecule has 0 radical (unpaired) electrons. The highest BCUT2D eigenvalue weighted by molar-refractivity contribution is 7.99. The Bertz CT molecular complexity index is 176. The summed E-state index contributed by atoms with van der Waals surface area (Å²) in [5.74, 6) is 4.59. The van der Waals surface area contributed by atoms with Gasteiger partial charge in [0.15, 0.2) is 0 Å². The average Bonchev–Trinajstić information content (AvgIpc) is 2.19. The quantitative estimate of drug-likeness (QED) is 0.719. The smallest absolute Gasteiger partial charge is 0.00127 e. The average molecular weight is 213 g/mol. The summed E-state index contributed by atoms with van der Waals surface area (Å²) in [6.07, 6.45) is 4.38. The monoisotopic (exact) mass is 213 g/mol. The van der Waals surface area contributed by atoms with Crippen LogP contribution in [0.5, 0.6) is 0 Å². The first kappa shape index (κ1) is 10.8. The summed E-state index contributed by atoms with van der Waals surface area (Å²) in [5.41, 5.74) is 0.713. The van der Waals surface area contributed by atoms with E-state index in [0.717, 1.165) is 11.8 Å². The topological polar surface area (TPSA) is 12.0 Å². The van der Waals surface area contributed by atoms with Crippen LogP contribution in [0.25, 0.3) is 0 Å². The van der Waals surface area contributed by atoms with Gasteiger partial charge in [-0.3, -0.25) is 0 Å². The molecule has 82 valence electrons. The van der Waals surface area contributed by atoms with Gasteiger partial charge in [-0.25, -0.2) is 0 Å². The summed E-state index contributed by atoms with van der Waals surface area (Å²) < 4.78 is 0. The number of hydrogen-bond donors (Lipinski definition) is 1. The van der Waals surface area contributed by atoms with Gasteiger partial charge in [-0.2, -0.15) is 11.8 Å². The molecule has 0 saturated carbocycles. The fourth-order valence-corrected chi connectivity index (χ4v) is 4.64. The Kier molecular flexibility index (Phi) is 3.43. The van der Waals surface area contributed by atoms with E-state index in [0.29, 0.717) is 5.41 Å². The number of hydrogen-bond acceptors (Lipinski definition) is 2. The number of nitrogens with one attached hydrogen (secondary N) is 1. The van der Waals surface area contributed by atoms with Crippen molar-refractivity contribution in [1.82, 2.24) is 5.32 Å². The van der Waals surface area contributed by atoms with Gasteiger partial charge in [-0.15, -0.1) is 0 Å². The number of piperidine rings is 1. The van der Waals surface area contributed by atoms with E-state index in [9.17, 15) is 0 Å². The van der Waals surface area contributed by atoms with Crippen LogP contribution in [-0.4, -0.2) is 24.6 Å². The van der Waals surface area contributed by atoms with Crippen LogP contribution in [-0.2, 0) is 0 Å². The highest BCUT2D eigenvalue weighted by Crippen LogP contribution is 2.48. The fraction of sp³-hybridized carbons (Fsp3) is 1.00. The standard InChI is InChI=1S/C12H23NS/c1-10(2)11-9-13-6-3-12(11)4-7-14-8-5-12/h10-11,13H,3-9H2,1-2H3. The van der Waals surface area contributed by atoms with E-state index in [1.165, 1.54) is 43.9 Å². The Balaban J connectivity index is 2.10. The molecule has 14 heavy (non-hydrogen) atoms. The van der Waals surface area contributed by atoms with Crippen molar-refractivity contribution in [1.29, 1.82) is 0 Å². The lowest BCUT2D eigenvalue weighted by atomic mass is 9.63. The Hall–Kier alpha value is 0.310. The maximum atomic E-state index is 3.58. The predicted molar refractivity (Wildman–Crippen MR) is 64.8 cm³/mol. The molecule has 1 nitrogen and oxygen atoms in total. The lowest BCUT2D eigenvalue weighted by Crippen LogP contribution is -2.49. The molecule has 2 saturated heterocycles. The van der Waals surface area contributed by atoms with Crippen molar-refractivity contribution in [3.63, 3.8) is 0 Å². The second kappa shape index (κ2) is 4.44. The van der Waals surface area contributed by atoms with Gasteiger partial charge < -0.3 is 5.32 Å². The zero-order chi connectivity index (χ0) is 10.0. The maximum absolute atomic E-state index is 3.58. The first-order valence-electron chi connectivity index (χ1n) is 6.03. The lowest BCUT2D eigenvalue weighted by Gasteiger charge is -2.49. The molecule has 1 N–H and O–H groups in total. The predicted octanol–water partition coefficient (Wildman–Crippen LogP) is 2.77. The molecule has 1 unspecified atom stereocenters. The van der Waals surface area contributed by atoms with Crippen molar-refractivity contribution in [2.24, 2.45) is 17.3 Å². The summed E-state index contributed by atoms with van der Waals surface area (Å²) >= 11 is 2.16.